The second-order valence-electron chi connectivity index (χ2n) is 0.920. The van der Waals surface area contributed by atoms with Crippen molar-refractivity contribution in [2.75, 3.05) is 13.1 Å². The normalized spacial score (nSPS) is 7.00. The lowest BCUT2D eigenvalue weighted by Gasteiger charge is -1.88. The Kier molecular flexibility index (Phi) is 4.51. The van der Waals surface area contributed by atoms with Gasteiger partial charge in [0.05, 0.1) is 0 Å². The van der Waals surface area contributed by atoms with E-state index in [4.69, 9.17) is 11.1 Å². The van der Waals surface area contributed by atoms with Crippen LogP contribution < -0.4 is 11.2 Å². The van der Waals surface area contributed by atoms with Gasteiger partial charge in [0.15, 0.2) is 0 Å². The van der Waals surface area contributed by atoms with E-state index in [1.54, 1.807) is 0 Å². The van der Waals surface area contributed by atoms with Gasteiger partial charge in [0.1, 0.15) is 6.01 Å². The van der Waals surface area contributed by atoms with E-state index in [0.717, 1.165) is 0 Å². The summed E-state index contributed by atoms with van der Waals surface area (Å²) in [6, 6.07) is 1.81. The molecule has 0 heterocycles. The molecule has 40 valence electrons. The number of hydrogen-bond acceptors (Lipinski definition) is 4. The highest BCUT2D eigenvalue weighted by atomic mass is 15.3. The molecule has 0 aromatic heterocycles. The molecule has 0 aromatic rings. The Labute approximate surface area is 41.9 Å². The number of rotatable bonds is 3. The van der Waals surface area contributed by atoms with Gasteiger partial charge in [-0.15, -0.1) is 5.10 Å². The summed E-state index contributed by atoms with van der Waals surface area (Å²) in [7, 11) is 0. The van der Waals surface area contributed by atoms with Gasteiger partial charge in [0, 0.05) is 13.1 Å². The van der Waals surface area contributed by atoms with Gasteiger partial charge in [-0.2, -0.15) is 0 Å². The highest BCUT2D eigenvalue weighted by Gasteiger charge is 1.68. The number of hydrazone groups is 1. The first-order valence-corrected chi connectivity index (χ1v) is 1.96. The molecule has 0 saturated carbocycles. The molecule has 0 aliphatic rings. The first-order chi connectivity index (χ1) is 3.41. The van der Waals surface area contributed by atoms with Crippen molar-refractivity contribution in [2.45, 2.75) is 0 Å². The molecule has 4 heteroatoms. The molecular formula is C3H8N4. The van der Waals surface area contributed by atoms with Crippen molar-refractivity contribution in [3.63, 3.8) is 0 Å². The van der Waals surface area contributed by atoms with Crippen LogP contribution in [0.5, 0.6) is 0 Å². The van der Waals surface area contributed by atoms with E-state index in [-0.39, 0.29) is 0 Å². The van der Waals surface area contributed by atoms with Crippen LogP contribution in [0.2, 0.25) is 0 Å². The van der Waals surface area contributed by atoms with Crippen molar-refractivity contribution in [2.24, 2.45) is 10.8 Å². The summed E-state index contributed by atoms with van der Waals surface area (Å²) in [5.74, 6) is 0. The van der Waals surface area contributed by atoms with Gasteiger partial charge in [-0.1, -0.05) is 0 Å². The summed E-state index contributed by atoms with van der Waals surface area (Å²) in [5, 5.41) is 9.51. The highest BCUT2D eigenvalue weighted by Crippen LogP contribution is 1.48. The zero-order valence-corrected chi connectivity index (χ0v) is 3.94. The van der Waals surface area contributed by atoms with Crippen LogP contribution >= 0.6 is 0 Å². The van der Waals surface area contributed by atoms with E-state index in [9.17, 15) is 0 Å². The first kappa shape index (κ1) is 6.14. The molecule has 4 N–H and O–H groups in total. The summed E-state index contributed by atoms with van der Waals surface area (Å²) < 4.78 is 0. The van der Waals surface area contributed by atoms with E-state index in [0.29, 0.717) is 13.1 Å². The van der Waals surface area contributed by atoms with Gasteiger partial charge in [-0.3, -0.25) is 5.43 Å². The van der Waals surface area contributed by atoms with E-state index < -0.39 is 0 Å². The summed E-state index contributed by atoms with van der Waals surface area (Å²) in [5.41, 5.74) is 7.54. The van der Waals surface area contributed by atoms with Crippen LogP contribution in [0, 0.1) is 5.41 Å². The third-order valence-electron chi connectivity index (χ3n) is 0.391. The first-order valence-electron chi connectivity index (χ1n) is 1.96. The Hall–Kier alpha value is -0.860. The standard InChI is InChI=1S/C3H8N4/c4-1-2-6-7-3-5/h5-6H,1-2,4H2. The summed E-state index contributed by atoms with van der Waals surface area (Å²) in [6.45, 7) is 1.14. The van der Waals surface area contributed by atoms with Crippen molar-refractivity contribution >= 4 is 6.01 Å². The molecule has 0 fully saturated rings. The zero-order valence-electron chi connectivity index (χ0n) is 3.94. The Morgan fingerprint density at radius 3 is 3.00 bits per heavy atom. The molecule has 0 amide bonds. The molecule has 0 spiro atoms. The topological polar surface area (TPSA) is 74.3 Å². The van der Waals surface area contributed by atoms with Crippen molar-refractivity contribution in [1.29, 1.82) is 5.41 Å². The van der Waals surface area contributed by atoms with Crippen LogP contribution in [0.15, 0.2) is 5.10 Å². The Balaban J connectivity index is 2.83. The van der Waals surface area contributed by atoms with Crippen LogP contribution in [-0.2, 0) is 0 Å². The lowest BCUT2D eigenvalue weighted by Crippen LogP contribution is -2.16. The van der Waals surface area contributed by atoms with Gasteiger partial charge >= 0.3 is 0 Å². The average molecular weight is 100 g/mol. The van der Waals surface area contributed by atoms with Gasteiger partial charge in [0.2, 0.25) is 0 Å². The van der Waals surface area contributed by atoms with E-state index in [1.165, 1.54) is 0 Å². The molecule has 0 aliphatic heterocycles. The van der Waals surface area contributed by atoms with Crippen LogP contribution in [0.1, 0.15) is 0 Å². The van der Waals surface area contributed by atoms with E-state index in [2.05, 4.69) is 10.5 Å². The van der Waals surface area contributed by atoms with Crippen LogP contribution in [-0.4, -0.2) is 19.1 Å². The predicted octanol–water partition coefficient (Wildman–Crippen LogP) is -0.798. The quantitative estimate of drug-likeness (QED) is 0.247. The molecule has 0 aromatic carbocycles. The fourth-order valence-electron chi connectivity index (χ4n) is 0.160. The van der Waals surface area contributed by atoms with Gasteiger partial charge in [0.25, 0.3) is 0 Å². The molecule has 4 nitrogen and oxygen atoms in total. The van der Waals surface area contributed by atoms with Crippen molar-refractivity contribution < 1.29 is 0 Å². The maximum atomic E-state index is 6.26. The lowest BCUT2D eigenvalue weighted by atomic mass is 10.7. The largest absolute Gasteiger partial charge is 0.329 e. The lowest BCUT2D eigenvalue weighted by molar-refractivity contribution is 0.743. The van der Waals surface area contributed by atoms with E-state index in [1.807, 2.05) is 6.01 Å². The van der Waals surface area contributed by atoms with Crippen molar-refractivity contribution in [1.82, 2.24) is 5.43 Å². The summed E-state index contributed by atoms with van der Waals surface area (Å²) in [6.07, 6.45) is 0. The van der Waals surface area contributed by atoms with Crippen molar-refractivity contribution in [3.05, 3.63) is 0 Å². The van der Waals surface area contributed by atoms with Crippen LogP contribution in [0.25, 0.3) is 0 Å². The Morgan fingerprint density at radius 1 is 1.86 bits per heavy atom. The number of nitrogens with one attached hydrogen (secondary N) is 2. The zero-order chi connectivity index (χ0) is 5.54. The number of hydrogen-bond donors (Lipinski definition) is 3. The van der Waals surface area contributed by atoms with Gasteiger partial charge in [-0.25, -0.2) is 5.41 Å². The Morgan fingerprint density at radius 2 is 2.57 bits per heavy atom. The molecule has 0 saturated heterocycles. The summed E-state index contributed by atoms with van der Waals surface area (Å²) in [4.78, 5) is 0. The maximum Gasteiger partial charge on any atom is 0.111 e. The second-order valence-corrected chi connectivity index (χ2v) is 0.920. The number of nitrogens with zero attached hydrogens (tertiary/aromatic N) is 1. The van der Waals surface area contributed by atoms with E-state index >= 15 is 0 Å². The molecule has 0 unspecified atom stereocenters. The molecular weight excluding hydrogens is 92.1 g/mol. The minimum absolute atomic E-state index is 0.533. The molecule has 0 radical (unpaired) electrons. The smallest absolute Gasteiger partial charge is 0.111 e. The molecule has 0 aliphatic carbocycles. The number of nitrogens with two attached hydrogens (primary N) is 1. The molecule has 0 atom stereocenters. The average Bonchev–Trinajstić information content (AvgIpc) is 1.69. The molecule has 0 bridgehead atoms. The minimum Gasteiger partial charge on any atom is -0.329 e. The van der Waals surface area contributed by atoms with Gasteiger partial charge < -0.3 is 5.73 Å². The van der Waals surface area contributed by atoms with Crippen molar-refractivity contribution in [3.8, 4) is 0 Å². The summed E-state index contributed by atoms with van der Waals surface area (Å²) >= 11 is 0. The second kappa shape index (κ2) is 5.14. The molecule has 0 rings (SSSR count). The fourth-order valence-corrected chi connectivity index (χ4v) is 0.160. The SMILES string of the molecule is N=C=NNCCN. The maximum absolute atomic E-state index is 6.26. The third-order valence-corrected chi connectivity index (χ3v) is 0.391. The predicted molar refractivity (Wildman–Crippen MR) is 27.2 cm³/mol. The van der Waals surface area contributed by atoms with Crippen LogP contribution in [0.4, 0.5) is 0 Å². The fraction of sp³-hybridized carbons (Fsp3) is 0.667. The van der Waals surface area contributed by atoms with Crippen LogP contribution in [0.3, 0.4) is 0 Å². The third kappa shape index (κ3) is 5.14. The molecule has 7 heavy (non-hydrogen) atoms. The monoisotopic (exact) mass is 100 g/mol. The van der Waals surface area contributed by atoms with Gasteiger partial charge in [-0.05, 0) is 0 Å². The highest BCUT2D eigenvalue weighted by molar-refractivity contribution is 5.34. The minimum atomic E-state index is 0.533. The Bertz CT molecular complexity index is 73.0.